The second-order valence-corrected chi connectivity index (χ2v) is 5.56. The Bertz CT molecular complexity index is 449. The van der Waals surface area contributed by atoms with E-state index in [2.05, 4.69) is 42.0 Å². The highest BCUT2D eigenvalue weighted by Gasteiger charge is 2.17. The number of nitrogens with zero attached hydrogens (tertiary/aromatic N) is 1. The molecule has 17 heavy (non-hydrogen) atoms. The summed E-state index contributed by atoms with van der Waals surface area (Å²) in [6, 6.07) is 5.14. The first kappa shape index (κ1) is 14.0. The van der Waals surface area contributed by atoms with Crippen LogP contribution in [-0.4, -0.2) is 6.54 Å². The molecule has 0 atom stereocenters. The molecule has 0 aliphatic heterocycles. The zero-order valence-electron chi connectivity index (χ0n) is 10.3. The fourth-order valence-corrected chi connectivity index (χ4v) is 1.67. The summed E-state index contributed by atoms with van der Waals surface area (Å²) in [6.07, 6.45) is 1.01. The molecule has 0 unspecified atom stereocenters. The molecular formula is C13H16BrFN2. The third-order valence-corrected chi connectivity index (χ3v) is 3.69. The zero-order chi connectivity index (χ0) is 13.1. The van der Waals surface area contributed by atoms with Gasteiger partial charge in [0, 0.05) is 6.54 Å². The molecule has 2 nitrogen and oxygen atoms in total. The van der Waals surface area contributed by atoms with Gasteiger partial charge in [-0.15, -0.1) is 0 Å². The second kappa shape index (κ2) is 5.50. The number of benzene rings is 1. The molecule has 1 N–H and O–H groups in total. The van der Waals surface area contributed by atoms with Gasteiger partial charge in [-0.25, -0.2) is 4.39 Å². The van der Waals surface area contributed by atoms with Crippen molar-refractivity contribution >= 4 is 21.6 Å². The molecule has 0 radical (unpaired) electrons. The summed E-state index contributed by atoms with van der Waals surface area (Å²) in [7, 11) is 0. The molecule has 1 rings (SSSR count). The highest BCUT2D eigenvalue weighted by Crippen LogP contribution is 2.28. The van der Waals surface area contributed by atoms with Gasteiger partial charge in [-0.1, -0.05) is 20.8 Å². The molecule has 92 valence electrons. The number of hydrogen-bond donors (Lipinski definition) is 1. The average Bonchev–Trinajstić information content (AvgIpc) is 2.31. The number of halogens is 2. The van der Waals surface area contributed by atoms with Crippen LogP contribution in [0.15, 0.2) is 16.6 Å². The van der Waals surface area contributed by atoms with Crippen molar-refractivity contribution in [3.8, 4) is 6.07 Å². The van der Waals surface area contributed by atoms with Crippen molar-refractivity contribution in [2.24, 2.45) is 5.41 Å². The van der Waals surface area contributed by atoms with Gasteiger partial charge in [0.1, 0.15) is 6.07 Å². The number of anilines is 1. The lowest BCUT2D eigenvalue weighted by Crippen LogP contribution is -2.22. The van der Waals surface area contributed by atoms with Crippen molar-refractivity contribution in [3.63, 3.8) is 0 Å². The first-order chi connectivity index (χ1) is 7.91. The maximum absolute atomic E-state index is 13.9. The molecular weight excluding hydrogens is 283 g/mol. The topological polar surface area (TPSA) is 35.8 Å². The molecule has 0 saturated carbocycles. The number of rotatable bonds is 4. The van der Waals surface area contributed by atoms with Gasteiger partial charge >= 0.3 is 0 Å². The van der Waals surface area contributed by atoms with Crippen molar-refractivity contribution in [2.45, 2.75) is 27.2 Å². The normalized spacial score (nSPS) is 11.1. The third-order valence-electron chi connectivity index (χ3n) is 2.92. The minimum Gasteiger partial charge on any atom is -0.382 e. The van der Waals surface area contributed by atoms with Crippen LogP contribution >= 0.6 is 15.9 Å². The Labute approximate surface area is 110 Å². The van der Waals surface area contributed by atoms with Crippen LogP contribution in [0.1, 0.15) is 32.8 Å². The minimum absolute atomic E-state index is 0.118. The summed E-state index contributed by atoms with van der Waals surface area (Å²) in [4.78, 5) is 0. The monoisotopic (exact) mass is 298 g/mol. The second-order valence-electron chi connectivity index (χ2n) is 4.77. The molecule has 0 spiro atoms. The fraction of sp³-hybridized carbons (Fsp3) is 0.462. The van der Waals surface area contributed by atoms with E-state index in [1.165, 1.54) is 0 Å². The Morgan fingerprint density at radius 1 is 1.47 bits per heavy atom. The van der Waals surface area contributed by atoms with E-state index in [0.29, 0.717) is 17.8 Å². The molecule has 0 fully saturated rings. The smallest absolute Gasteiger partial charge is 0.161 e. The summed E-state index contributed by atoms with van der Waals surface area (Å²) in [5.74, 6) is -0.407. The van der Waals surface area contributed by atoms with Crippen molar-refractivity contribution in [1.82, 2.24) is 0 Å². The summed E-state index contributed by atoms with van der Waals surface area (Å²) < 4.78 is 14.1. The van der Waals surface area contributed by atoms with Gasteiger partial charge in [-0.3, -0.25) is 0 Å². The van der Waals surface area contributed by atoms with Crippen LogP contribution in [-0.2, 0) is 0 Å². The molecule has 0 heterocycles. The molecule has 0 bridgehead atoms. The van der Waals surface area contributed by atoms with E-state index in [1.54, 1.807) is 12.1 Å². The van der Waals surface area contributed by atoms with E-state index in [1.807, 2.05) is 6.07 Å². The van der Waals surface area contributed by atoms with E-state index in [-0.39, 0.29) is 9.89 Å². The lowest BCUT2D eigenvalue weighted by Gasteiger charge is -2.23. The highest BCUT2D eigenvalue weighted by atomic mass is 79.9. The minimum atomic E-state index is -0.407. The fourth-order valence-electron chi connectivity index (χ4n) is 1.23. The molecule has 4 heteroatoms. The Balaban J connectivity index is 2.88. The van der Waals surface area contributed by atoms with Gasteiger partial charge in [-0.05, 0) is 39.9 Å². The number of nitriles is 1. The van der Waals surface area contributed by atoms with E-state index < -0.39 is 5.82 Å². The third kappa shape index (κ3) is 3.44. The lowest BCUT2D eigenvalue weighted by atomic mass is 9.90. The Hall–Kier alpha value is -1.08. The Morgan fingerprint density at radius 2 is 2.12 bits per heavy atom. The molecule has 0 aromatic heterocycles. The largest absolute Gasteiger partial charge is 0.382 e. The maximum Gasteiger partial charge on any atom is 0.161 e. The Morgan fingerprint density at radius 3 is 2.65 bits per heavy atom. The van der Waals surface area contributed by atoms with E-state index in [4.69, 9.17) is 5.26 Å². The number of hydrogen-bond acceptors (Lipinski definition) is 2. The van der Waals surface area contributed by atoms with E-state index >= 15 is 0 Å². The van der Waals surface area contributed by atoms with Crippen LogP contribution in [0.2, 0.25) is 0 Å². The van der Waals surface area contributed by atoms with Crippen LogP contribution in [0.25, 0.3) is 0 Å². The van der Waals surface area contributed by atoms with E-state index in [0.717, 1.165) is 6.42 Å². The van der Waals surface area contributed by atoms with Gasteiger partial charge in [0.05, 0.1) is 15.7 Å². The quantitative estimate of drug-likeness (QED) is 0.899. The zero-order valence-corrected chi connectivity index (χ0v) is 11.9. The molecule has 1 aromatic rings. The Kier molecular flexibility index (Phi) is 4.53. The predicted octanol–water partition coefficient (Wildman–Crippen LogP) is 4.31. The van der Waals surface area contributed by atoms with Crippen LogP contribution in [0.5, 0.6) is 0 Å². The van der Waals surface area contributed by atoms with Crippen molar-refractivity contribution in [2.75, 3.05) is 11.9 Å². The van der Waals surface area contributed by atoms with Crippen LogP contribution < -0.4 is 5.32 Å². The highest BCUT2D eigenvalue weighted by molar-refractivity contribution is 9.10. The van der Waals surface area contributed by atoms with Crippen molar-refractivity contribution in [1.29, 1.82) is 5.26 Å². The summed E-state index contributed by atoms with van der Waals surface area (Å²) in [6.45, 7) is 7.04. The van der Waals surface area contributed by atoms with Crippen molar-refractivity contribution < 1.29 is 4.39 Å². The molecule has 0 aliphatic rings. The van der Waals surface area contributed by atoms with Gasteiger partial charge in [-0.2, -0.15) is 5.26 Å². The summed E-state index contributed by atoms with van der Waals surface area (Å²) in [5, 5.41) is 11.8. The molecule has 1 aromatic carbocycles. The van der Waals surface area contributed by atoms with Gasteiger partial charge in [0.15, 0.2) is 5.82 Å². The summed E-state index contributed by atoms with van der Waals surface area (Å²) >= 11 is 3.09. The average molecular weight is 299 g/mol. The standard InChI is InChI=1S/C13H16BrFN2/c1-4-13(2,3)8-17-10-6-5-9(7-16)11(14)12(10)15/h5-6,17H,4,8H2,1-3H3. The van der Waals surface area contributed by atoms with Gasteiger partial charge < -0.3 is 5.32 Å². The van der Waals surface area contributed by atoms with E-state index in [9.17, 15) is 4.39 Å². The lowest BCUT2D eigenvalue weighted by molar-refractivity contribution is 0.376. The van der Waals surface area contributed by atoms with Crippen LogP contribution in [0.4, 0.5) is 10.1 Å². The predicted molar refractivity (Wildman–Crippen MR) is 71.4 cm³/mol. The van der Waals surface area contributed by atoms with Crippen LogP contribution in [0.3, 0.4) is 0 Å². The molecule has 0 saturated heterocycles. The van der Waals surface area contributed by atoms with Crippen molar-refractivity contribution in [3.05, 3.63) is 28.0 Å². The molecule has 0 amide bonds. The maximum atomic E-state index is 13.9. The first-order valence-electron chi connectivity index (χ1n) is 5.53. The first-order valence-corrected chi connectivity index (χ1v) is 6.32. The SMILES string of the molecule is CCC(C)(C)CNc1ccc(C#N)c(Br)c1F. The molecule has 0 aliphatic carbocycles. The number of nitrogens with one attached hydrogen (secondary N) is 1. The van der Waals surface area contributed by atoms with Gasteiger partial charge in [0.25, 0.3) is 0 Å². The van der Waals surface area contributed by atoms with Gasteiger partial charge in [0.2, 0.25) is 0 Å². The van der Waals surface area contributed by atoms with Crippen LogP contribution in [0, 0.1) is 22.6 Å². The summed E-state index contributed by atoms with van der Waals surface area (Å²) in [5.41, 5.74) is 0.854.